The Morgan fingerprint density at radius 1 is 1.37 bits per heavy atom. The molecule has 1 atom stereocenters. The van der Waals surface area contributed by atoms with E-state index < -0.39 is 16.3 Å². The molecule has 0 aliphatic carbocycles. The van der Waals surface area contributed by atoms with Gasteiger partial charge in [0.05, 0.1) is 9.50 Å². The average Bonchev–Trinajstić information content (AvgIpc) is 2.72. The Hall–Kier alpha value is -0.850. The first kappa shape index (κ1) is 14.6. The van der Waals surface area contributed by atoms with Gasteiger partial charge in [-0.2, -0.15) is 0 Å². The van der Waals surface area contributed by atoms with Crippen LogP contribution in [0.2, 0.25) is 0 Å². The maximum absolute atomic E-state index is 12.6. The minimum Gasteiger partial charge on any atom is -0.357 e. The van der Waals surface area contributed by atoms with Crippen LogP contribution in [-0.2, 0) is 14.8 Å². The third-order valence-corrected chi connectivity index (χ3v) is 5.66. The van der Waals surface area contributed by atoms with E-state index in [1.165, 1.54) is 4.31 Å². The predicted octanol–water partition coefficient (Wildman–Crippen LogP) is 2.99. The van der Waals surface area contributed by atoms with Gasteiger partial charge in [-0.05, 0) is 48.0 Å². The summed E-state index contributed by atoms with van der Waals surface area (Å²) in [5, 5.41) is 0. The molecule has 0 saturated heterocycles. The molecule has 0 fully saturated rings. The van der Waals surface area contributed by atoms with Crippen molar-refractivity contribution in [3.63, 3.8) is 0 Å². The summed E-state index contributed by atoms with van der Waals surface area (Å²) < 4.78 is 32.5. The largest absolute Gasteiger partial charge is 0.357 e. The third-order valence-electron chi connectivity index (χ3n) is 2.90. The van der Waals surface area contributed by atoms with Gasteiger partial charge < -0.3 is 4.74 Å². The number of halogens is 1. The van der Waals surface area contributed by atoms with Gasteiger partial charge in [0.25, 0.3) is 10.0 Å². The highest BCUT2D eigenvalue weighted by Gasteiger charge is 2.36. The van der Waals surface area contributed by atoms with Gasteiger partial charge in [-0.25, -0.2) is 12.7 Å². The van der Waals surface area contributed by atoms with E-state index in [-0.39, 0.29) is 4.90 Å². The van der Waals surface area contributed by atoms with Crippen molar-refractivity contribution in [3.8, 4) is 0 Å². The molecule has 0 amide bonds. The normalized spacial score (nSPS) is 19.6. The van der Waals surface area contributed by atoms with Crippen molar-refractivity contribution >= 4 is 26.0 Å². The van der Waals surface area contributed by atoms with Crippen LogP contribution in [0.5, 0.6) is 0 Å². The number of sulfonamides is 1. The molecule has 1 unspecified atom stereocenters. The monoisotopic (exact) mass is 345 g/mol. The molecule has 0 radical (unpaired) electrons. The zero-order chi connectivity index (χ0) is 14.0. The number of hydrogen-bond donors (Lipinski definition) is 0. The van der Waals surface area contributed by atoms with Gasteiger partial charge in [-0.15, -0.1) is 0 Å². The molecule has 1 aromatic rings. The smallest absolute Gasteiger partial charge is 0.266 e. The molecule has 1 aliphatic heterocycles. The number of benzene rings is 1. The molecule has 0 spiro atoms. The van der Waals surface area contributed by atoms with E-state index in [0.29, 0.717) is 17.6 Å². The molecule has 1 heterocycles. The van der Waals surface area contributed by atoms with Gasteiger partial charge in [0.1, 0.15) is 6.23 Å². The molecular formula is C13H16BrNO3S. The lowest BCUT2D eigenvalue weighted by atomic mass is 10.2. The number of ether oxygens (including phenoxy) is 1. The van der Waals surface area contributed by atoms with Gasteiger partial charge in [-0.1, -0.05) is 17.7 Å². The first-order valence-electron chi connectivity index (χ1n) is 6.05. The highest BCUT2D eigenvalue weighted by atomic mass is 79.9. The van der Waals surface area contributed by atoms with E-state index in [9.17, 15) is 8.42 Å². The van der Waals surface area contributed by atoms with Gasteiger partial charge in [-0.3, -0.25) is 0 Å². The first-order valence-corrected chi connectivity index (χ1v) is 8.28. The zero-order valence-electron chi connectivity index (χ0n) is 10.8. The first-order chi connectivity index (χ1) is 8.96. The highest BCUT2D eigenvalue weighted by molar-refractivity contribution is 9.11. The Bertz CT molecular complexity index is 580. The van der Waals surface area contributed by atoms with Crippen molar-refractivity contribution < 1.29 is 13.2 Å². The zero-order valence-corrected chi connectivity index (χ0v) is 13.2. The summed E-state index contributed by atoms with van der Waals surface area (Å²) in [6.07, 6.45) is 1.90. The molecule has 1 aliphatic rings. The Balaban J connectivity index is 2.37. The second kappa shape index (κ2) is 5.64. The van der Waals surface area contributed by atoms with Crippen molar-refractivity contribution in [3.05, 3.63) is 40.5 Å². The molecule has 0 aromatic heterocycles. The summed E-state index contributed by atoms with van der Waals surface area (Å²) in [5.74, 6) is 0. The molecule has 104 valence electrons. The predicted molar refractivity (Wildman–Crippen MR) is 77.2 cm³/mol. The Morgan fingerprint density at radius 2 is 2.00 bits per heavy atom. The Morgan fingerprint density at radius 3 is 2.58 bits per heavy atom. The van der Waals surface area contributed by atoms with Crippen molar-refractivity contribution in [2.45, 2.75) is 31.4 Å². The topological polar surface area (TPSA) is 46.6 Å². The van der Waals surface area contributed by atoms with Gasteiger partial charge in [0.15, 0.2) is 0 Å². The second-order valence-electron chi connectivity index (χ2n) is 4.29. The second-order valence-corrected chi connectivity index (χ2v) is 6.91. The summed E-state index contributed by atoms with van der Waals surface area (Å²) in [4.78, 5) is 0.273. The lowest BCUT2D eigenvalue weighted by Crippen LogP contribution is -2.36. The van der Waals surface area contributed by atoms with Crippen LogP contribution in [0, 0.1) is 6.92 Å². The molecule has 2 rings (SSSR count). The van der Waals surface area contributed by atoms with Crippen LogP contribution in [0.3, 0.4) is 0 Å². The minimum absolute atomic E-state index is 0.273. The molecular weight excluding hydrogens is 330 g/mol. The van der Waals surface area contributed by atoms with E-state index in [4.69, 9.17) is 4.74 Å². The van der Waals surface area contributed by atoms with E-state index in [2.05, 4.69) is 15.9 Å². The summed E-state index contributed by atoms with van der Waals surface area (Å²) >= 11 is 3.29. The summed E-state index contributed by atoms with van der Waals surface area (Å²) in [7, 11) is -3.58. The average molecular weight is 346 g/mol. The molecule has 0 bridgehead atoms. The standard InChI is InChI=1S/C13H16BrNO3S/c1-3-18-13-9-8-12(14)15(13)19(16,17)11-6-4-10(2)5-7-11/h4-8,13H,3,9H2,1-2H3. The SMILES string of the molecule is CCOC1CC=C(Br)N1S(=O)(=O)c1ccc(C)cc1. The summed E-state index contributed by atoms with van der Waals surface area (Å²) in [6, 6.07) is 6.81. The number of hydrogen-bond acceptors (Lipinski definition) is 3. The van der Waals surface area contributed by atoms with E-state index in [1.54, 1.807) is 24.3 Å². The van der Waals surface area contributed by atoms with Crippen LogP contribution >= 0.6 is 15.9 Å². The molecule has 1 aromatic carbocycles. The van der Waals surface area contributed by atoms with Gasteiger partial charge in [0.2, 0.25) is 0 Å². The molecule has 0 N–H and O–H groups in total. The molecule has 4 nitrogen and oxygen atoms in total. The van der Waals surface area contributed by atoms with Gasteiger partial charge >= 0.3 is 0 Å². The minimum atomic E-state index is -3.58. The highest BCUT2D eigenvalue weighted by Crippen LogP contribution is 2.33. The van der Waals surface area contributed by atoms with E-state index in [1.807, 2.05) is 19.9 Å². The van der Waals surface area contributed by atoms with Crippen LogP contribution in [0.25, 0.3) is 0 Å². The van der Waals surface area contributed by atoms with Crippen molar-refractivity contribution in [2.75, 3.05) is 6.61 Å². The Kier molecular flexibility index (Phi) is 4.32. The van der Waals surface area contributed by atoms with Crippen LogP contribution in [0.15, 0.2) is 39.8 Å². The van der Waals surface area contributed by atoms with Crippen LogP contribution < -0.4 is 0 Å². The quantitative estimate of drug-likeness (QED) is 0.788. The number of rotatable bonds is 4. The molecule has 6 heteroatoms. The number of aryl methyl sites for hydroxylation is 1. The lowest BCUT2D eigenvalue weighted by molar-refractivity contribution is 0.0149. The fourth-order valence-corrected chi connectivity index (χ4v) is 4.40. The summed E-state index contributed by atoms with van der Waals surface area (Å²) in [6.45, 7) is 4.24. The van der Waals surface area contributed by atoms with E-state index in [0.717, 1.165) is 5.56 Å². The Labute approximate surface area is 122 Å². The fraction of sp³-hybridized carbons (Fsp3) is 0.385. The van der Waals surface area contributed by atoms with Crippen molar-refractivity contribution in [2.24, 2.45) is 0 Å². The fourth-order valence-electron chi connectivity index (χ4n) is 1.94. The maximum Gasteiger partial charge on any atom is 0.266 e. The van der Waals surface area contributed by atoms with Gasteiger partial charge in [0, 0.05) is 13.0 Å². The third kappa shape index (κ3) is 2.85. The maximum atomic E-state index is 12.6. The van der Waals surface area contributed by atoms with Crippen molar-refractivity contribution in [1.29, 1.82) is 0 Å². The van der Waals surface area contributed by atoms with Crippen LogP contribution in [0.1, 0.15) is 18.9 Å². The summed E-state index contributed by atoms with van der Waals surface area (Å²) in [5.41, 5.74) is 1.02. The van der Waals surface area contributed by atoms with Crippen molar-refractivity contribution in [1.82, 2.24) is 4.31 Å². The molecule has 19 heavy (non-hydrogen) atoms. The van der Waals surface area contributed by atoms with E-state index >= 15 is 0 Å². The lowest BCUT2D eigenvalue weighted by Gasteiger charge is -2.26. The van der Waals surface area contributed by atoms with Crippen LogP contribution in [0.4, 0.5) is 0 Å². The number of nitrogens with zero attached hydrogens (tertiary/aromatic N) is 1. The molecule has 0 saturated carbocycles. The van der Waals surface area contributed by atoms with Crippen LogP contribution in [-0.4, -0.2) is 25.6 Å².